The second-order valence-corrected chi connectivity index (χ2v) is 4.91. The van der Waals surface area contributed by atoms with E-state index in [0.29, 0.717) is 18.6 Å². The number of ether oxygens (including phenoxy) is 2. The summed E-state index contributed by atoms with van der Waals surface area (Å²) < 4.78 is 10.4. The molecule has 0 heterocycles. The minimum absolute atomic E-state index is 0.329. The highest BCUT2D eigenvalue weighted by atomic mass is 16.6. The van der Waals surface area contributed by atoms with E-state index in [0.717, 1.165) is 25.7 Å². The van der Waals surface area contributed by atoms with Gasteiger partial charge in [0.2, 0.25) is 6.10 Å². The van der Waals surface area contributed by atoms with Crippen LogP contribution < -0.4 is 0 Å². The molecule has 0 N–H and O–H groups in total. The van der Waals surface area contributed by atoms with Gasteiger partial charge in [-0.1, -0.05) is 57.0 Å². The minimum atomic E-state index is -0.966. The van der Waals surface area contributed by atoms with E-state index in [4.69, 9.17) is 9.47 Å². The Balaban J connectivity index is 2.68. The molecule has 0 aliphatic rings. The zero-order chi connectivity index (χ0) is 15.5. The zero-order valence-corrected chi connectivity index (χ0v) is 12.8. The Hall–Kier alpha value is -1.84. The van der Waals surface area contributed by atoms with E-state index >= 15 is 0 Å². The van der Waals surface area contributed by atoms with Crippen molar-refractivity contribution in [2.24, 2.45) is 0 Å². The number of benzene rings is 1. The van der Waals surface area contributed by atoms with Gasteiger partial charge in [-0.3, -0.25) is 4.79 Å². The van der Waals surface area contributed by atoms with Crippen molar-refractivity contribution in [1.29, 1.82) is 0 Å². The monoisotopic (exact) mass is 292 g/mol. The van der Waals surface area contributed by atoms with Gasteiger partial charge >= 0.3 is 11.9 Å². The maximum atomic E-state index is 12.1. The third kappa shape index (κ3) is 6.43. The second kappa shape index (κ2) is 9.97. The maximum absolute atomic E-state index is 12.1. The molecule has 0 amide bonds. The molecule has 0 fully saturated rings. The summed E-state index contributed by atoms with van der Waals surface area (Å²) in [5.41, 5.74) is 0.641. The van der Waals surface area contributed by atoms with Crippen LogP contribution >= 0.6 is 0 Å². The predicted octanol–water partition coefficient (Wildman–Crippen LogP) is 3.80. The van der Waals surface area contributed by atoms with Crippen molar-refractivity contribution in [2.45, 2.75) is 52.1 Å². The van der Waals surface area contributed by atoms with Crippen molar-refractivity contribution in [3.63, 3.8) is 0 Å². The van der Waals surface area contributed by atoms with Gasteiger partial charge in [0, 0.05) is 12.0 Å². The largest absolute Gasteiger partial charge is 0.463 e. The van der Waals surface area contributed by atoms with Crippen molar-refractivity contribution in [3.05, 3.63) is 35.9 Å². The Labute approximate surface area is 126 Å². The molecular formula is C17H24O4. The Morgan fingerprint density at radius 3 is 2.38 bits per heavy atom. The van der Waals surface area contributed by atoms with Gasteiger partial charge in [0.25, 0.3) is 0 Å². The molecule has 1 aromatic rings. The number of hydrogen-bond donors (Lipinski definition) is 0. The molecule has 0 saturated heterocycles. The summed E-state index contributed by atoms with van der Waals surface area (Å²) in [7, 11) is 0. The predicted molar refractivity (Wildman–Crippen MR) is 80.7 cm³/mol. The fourth-order valence-electron chi connectivity index (χ4n) is 1.87. The van der Waals surface area contributed by atoms with Crippen molar-refractivity contribution in [3.8, 4) is 0 Å². The summed E-state index contributed by atoms with van der Waals surface area (Å²) in [6, 6.07) is 8.98. The third-order valence-electron chi connectivity index (χ3n) is 3.00. The molecular weight excluding hydrogens is 268 g/mol. The Morgan fingerprint density at radius 1 is 1.05 bits per heavy atom. The van der Waals surface area contributed by atoms with Gasteiger partial charge in [-0.25, -0.2) is 4.79 Å². The lowest BCUT2D eigenvalue weighted by Crippen LogP contribution is -2.22. The Bertz CT molecular complexity index is 428. The number of carbonyl (C=O) groups is 2. The first kappa shape index (κ1) is 17.2. The topological polar surface area (TPSA) is 52.6 Å². The van der Waals surface area contributed by atoms with Crippen LogP contribution in [0.2, 0.25) is 0 Å². The van der Waals surface area contributed by atoms with Gasteiger partial charge < -0.3 is 9.47 Å². The first-order chi connectivity index (χ1) is 10.2. The molecule has 21 heavy (non-hydrogen) atoms. The number of unbranched alkanes of at least 4 members (excludes halogenated alkanes) is 2. The van der Waals surface area contributed by atoms with Crippen LogP contribution in [0.1, 0.15) is 57.6 Å². The van der Waals surface area contributed by atoms with E-state index < -0.39 is 12.1 Å². The Kier molecular flexibility index (Phi) is 8.17. The van der Waals surface area contributed by atoms with E-state index in [1.54, 1.807) is 24.3 Å². The Morgan fingerprint density at radius 2 is 1.76 bits per heavy atom. The molecule has 1 aromatic carbocycles. The van der Waals surface area contributed by atoms with Crippen LogP contribution in [-0.4, -0.2) is 18.5 Å². The summed E-state index contributed by atoms with van der Waals surface area (Å²) in [4.78, 5) is 23.9. The average molecular weight is 292 g/mol. The molecule has 0 bridgehead atoms. The highest BCUT2D eigenvalue weighted by Gasteiger charge is 2.26. The molecule has 4 heteroatoms. The van der Waals surface area contributed by atoms with Gasteiger partial charge in [-0.15, -0.1) is 0 Å². The highest BCUT2D eigenvalue weighted by Crippen LogP contribution is 2.20. The van der Waals surface area contributed by atoms with E-state index in [2.05, 4.69) is 6.92 Å². The molecule has 0 saturated carbocycles. The molecule has 116 valence electrons. The standard InChI is InChI=1S/C17H24O4/c1-3-5-7-12-15(18)21-16(17(19)20-13-4-2)14-10-8-6-9-11-14/h6,8-11,16H,3-5,7,12-13H2,1-2H3. The van der Waals surface area contributed by atoms with Crippen molar-refractivity contribution < 1.29 is 19.1 Å². The van der Waals surface area contributed by atoms with Gasteiger partial charge in [-0.2, -0.15) is 0 Å². The van der Waals surface area contributed by atoms with Crippen molar-refractivity contribution in [1.82, 2.24) is 0 Å². The second-order valence-electron chi connectivity index (χ2n) is 4.91. The molecule has 0 aliphatic heterocycles. The van der Waals surface area contributed by atoms with Crippen LogP contribution in [0.4, 0.5) is 0 Å². The van der Waals surface area contributed by atoms with E-state index in [1.807, 2.05) is 13.0 Å². The van der Waals surface area contributed by atoms with Crippen molar-refractivity contribution in [2.75, 3.05) is 6.61 Å². The van der Waals surface area contributed by atoms with Crippen LogP contribution in [0.3, 0.4) is 0 Å². The van der Waals surface area contributed by atoms with E-state index in [1.165, 1.54) is 0 Å². The van der Waals surface area contributed by atoms with Crippen LogP contribution in [0, 0.1) is 0 Å². The van der Waals surface area contributed by atoms with Gasteiger partial charge in [0.05, 0.1) is 6.61 Å². The smallest absolute Gasteiger partial charge is 0.352 e. The number of rotatable bonds is 9. The number of esters is 2. The lowest BCUT2D eigenvalue weighted by Gasteiger charge is -2.17. The van der Waals surface area contributed by atoms with E-state index in [9.17, 15) is 9.59 Å². The molecule has 0 radical (unpaired) electrons. The first-order valence-electron chi connectivity index (χ1n) is 7.60. The minimum Gasteiger partial charge on any atom is -0.463 e. The summed E-state index contributed by atoms with van der Waals surface area (Å²) in [5.74, 6) is -0.863. The van der Waals surface area contributed by atoms with Crippen LogP contribution in [-0.2, 0) is 19.1 Å². The fraction of sp³-hybridized carbons (Fsp3) is 0.529. The average Bonchev–Trinajstić information content (AvgIpc) is 2.51. The fourth-order valence-corrected chi connectivity index (χ4v) is 1.87. The lowest BCUT2D eigenvalue weighted by molar-refractivity contribution is -0.168. The summed E-state index contributed by atoms with van der Waals surface area (Å²) >= 11 is 0. The normalized spacial score (nSPS) is 11.7. The third-order valence-corrected chi connectivity index (χ3v) is 3.00. The number of carbonyl (C=O) groups excluding carboxylic acids is 2. The molecule has 1 rings (SSSR count). The van der Waals surface area contributed by atoms with Crippen molar-refractivity contribution >= 4 is 11.9 Å². The van der Waals surface area contributed by atoms with Gasteiger partial charge in [-0.05, 0) is 12.8 Å². The first-order valence-corrected chi connectivity index (χ1v) is 7.60. The summed E-state index contributed by atoms with van der Waals surface area (Å²) in [6.07, 6.45) is 2.89. The molecule has 1 unspecified atom stereocenters. The maximum Gasteiger partial charge on any atom is 0.352 e. The molecule has 0 spiro atoms. The van der Waals surface area contributed by atoms with Crippen LogP contribution in [0.5, 0.6) is 0 Å². The van der Waals surface area contributed by atoms with Gasteiger partial charge in [0.1, 0.15) is 0 Å². The van der Waals surface area contributed by atoms with E-state index in [-0.39, 0.29) is 5.97 Å². The molecule has 1 atom stereocenters. The summed E-state index contributed by atoms with van der Waals surface area (Å²) in [5, 5.41) is 0. The van der Waals surface area contributed by atoms with Gasteiger partial charge in [0.15, 0.2) is 0 Å². The van der Waals surface area contributed by atoms with Crippen LogP contribution in [0.15, 0.2) is 30.3 Å². The number of hydrogen-bond acceptors (Lipinski definition) is 4. The SMILES string of the molecule is CCCCCC(=O)OC(C(=O)OCCC)c1ccccc1. The molecule has 4 nitrogen and oxygen atoms in total. The quantitative estimate of drug-likeness (QED) is 0.513. The van der Waals surface area contributed by atoms with Crippen LogP contribution in [0.25, 0.3) is 0 Å². The molecule has 0 aromatic heterocycles. The summed E-state index contributed by atoms with van der Waals surface area (Å²) in [6.45, 7) is 4.32. The highest BCUT2D eigenvalue weighted by molar-refractivity contribution is 5.80. The zero-order valence-electron chi connectivity index (χ0n) is 12.8. The molecule has 0 aliphatic carbocycles. The lowest BCUT2D eigenvalue weighted by atomic mass is 10.1.